The van der Waals surface area contributed by atoms with Crippen molar-refractivity contribution in [2.24, 2.45) is 0 Å². The van der Waals surface area contributed by atoms with E-state index in [0.29, 0.717) is 11.4 Å². The quantitative estimate of drug-likeness (QED) is 0.404. The van der Waals surface area contributed by atoms with Gasteiger partial charge in [-0.2, -0.15) is 0 Å². The molecular weight excluding hydrogens is 452 g/mol. The number of aryl methyl sites for hydroxylation is 1. The molecule has 0 radical (unpaired) electrons. The standard InChI is InChI=1S/C27H26N8O/c1-17-9-20-10-21(14-31-26(20)32-17)23-11-19-12-24(30-16-22(19)15-29-23)33-27(36)18-3-4-28-25(13-18)35-7-5-34(2)6-8-35/h3-4,9-16H,5-8H2,1-2H3,(H,31,32)(H,30,33,36). The molecule has 9 nitrogen and oxygen atoms in total. The first-order valence-corrected chi connectivity index (χ1v) is 11.9. The van der Waals surface area contributed by atoms with E-state index < -0.39 is 0 Å². The molecule has 5 aromatic rings. The molecule has 1 aliphatic rings. The molecule has 0 aromatic carbocycles. The number of carbonyl (C=O) groups is 1. The van der Waals surface area contributed by atoms with Gasteiger partial charge in [0.05, 0.1) is 5.69 Å². The van der Waals surface area contributed by atoms with Crippen LogP contribution in [0, 0.1) is 6.92 Å². The largest absolute Gasteiger partial charge is 0.354 e. The molecule has 0 unspecified atom stereocenters. The highest BCUT2D eigenvalue weighted by molar-refractivity contribution is 6.05. The predicted octanol–water partition coefficient (Wildman–Crippen LogP) is 3.88. The Morgan fingerprint density at radius 2 is 1.72 bits per heavy atom. The summed E-state index contributed by atoms with van der Waals surface area (Å²) in [7, 11) is 2.11. The number of amides is 1. The number of pyridine rings is 4. The van der Waals surface area contributed by atoms with Crippen LogP contribution in [-0.4, -0.2) is 69.0 Å². The number of anilines is 2. The zero-order valence-corrected chi connectivity index (χ0v) is 20.2. The molecule has 2 N–H and O–H groups in total. The minimum absolute atomic E-state index is 0.216. The van der Waals surface area contributed by atoms with Crippen LogP contribution in [0.5, 0.6) is 0 Å². The van der Waals surface area contributed by atoms with Gasteiger partial charge in [-0.1, -0.05) is 0 Å². The van der Waals surface area contributed by atoms with Gasteiger partial charge in [-0.25, -0.2) is 15.0 Å². The molecule has 6 heterocycles. The van der Waals surface area contributed by atoms with Gasteiger partial charge in [-0.3, -0.25) is 9.78 Å². The number of hydrogen-bond donors (Lipinski definition) is 2. The van der Waals surface area contributed by atoms with E-state index in [9.17, 15) is 4.79 Å². The highest BCUT2D eigenvalue weighted by Gasteiger charge is 2.17. The first kappa shape index (κ1) is 22.1. The van der Waals surface area contributed by atoms with E-state index in [1.807, 2.05) is 31.3 Å². The van der Waals surface area contributed by atoms with Gasteiger partial charge < -0.3 is 20.1 Å². The van der Waals surface area contributed by atoms with Crippen molar-refractivity contribution in [1.29, 1.82) is 0 Å². The predicted molar refractivity (Wildman–Crippen MR) is 141 cm³/mol. The van der Waals surface area contributed by atoms with Gasteiger partial charge in [-0.15, -0.1) is 0 Å². The highest BCUT2D eigenvalue weighted by atomic mass is 16.1. The molecule has 1 saturated heterocycles. The molecule has 0 atom stereocenters. The van der Waals surface area contributed by atoms with Crippen LogP contribution in [0.15, 0.2) is 61.2 Å². The second-order valence-corrected chi connectivity index (χ2v) is 9.25. The Hall–Kier alpha value is -4.37. The number of nitrogens with zero attached hydrogens (tertiary/aromatic N) is 6. The normalized spacial score (nSPS) is 14.4. The Balaban J connectivity index is 1.24. The van der Waals surface area contributed by atoms with E-state index in [2.05, 4.69) is 59.2 Å². The van der Waals surface area contributed by atoms with E-state index in [-0.39, 0.29) is 5.91 Å². The van der Waals surface area contributed by atoms with Crippen molar-refractivity contribution in [2.45, 2.75) is 6.92 Å². The number of piperazine rings is 1. The second-order valence-electron chi connectivity index (χ2n) is 9.25. The maximum atomic E-state index is 13.0. The van der Waals surface area contributed by atoms with Crippen LogP contribution in [0.4, 0.5) is 11.6 Å². The first-order valence-electron chi connectivity index (χ1n) is 11.9. The smallest absolute Gasteiger partial charge is 0.257 e. The Labute approximate surface area is 208 Å². The molecule has 6 rings (SSSR count). The lowest BCUT2D eigenvalue weighted by atomic mass is 10.1. The van der Waals surface area contributed by atoms with Crippen LogP contribution in [0.3, 0.4) is 0 Å². The molecule has 5 aromatic heterocycles. The molecule has 0 aliphatic carbocycles. The molecule has 0 saturated carbocycles. The highest BCUT2D eigenvalue weighted by Crippen LogP contribution is 2.26. The van der Waals surface area contributed by atoms with Gasteiger partial charge in [0.1, 0.15) is 17.3 Å². The maximum Gasteiger partial charge on any atom is 0.257 e. The Kier molecular flexibility index (Phi) is 5.54. The van der Waals surface area contributed by atoms with Crippen LogP contribution in [-0.2, 0) is 0 Å². The fraction of sp³-hybridized carbons (Fsp3) is 0.222. The third kappa shape index (κ3) is 4.36. The molecule has 1 aliphatic heterocycles. The zero-order chi connectivity index (χ0) is 24.6. The number of aromatic nitrogens is 5. The van der Waals surface area contributed by atoms with E-state index in [1.54, 1.807) is 24.7 Å². The lowest BCUT2D eigenvalue weighted by Gasteiger charge is -2.33. The van der Waals surface area contributed by atoms with E-state index in [4.69, 9.17) is 0 Å². The third-order valence-corrected chi connectivity index (χ3v) is 6.58. The number of hydrogen-bond acceptors (Lipinski definition) is 7. The Bertz CT molecular complexity index is 1590. The minimum atomic E-state index is -0.216. The van der Waals surface area contributed by atoms with Gasteiger partial charge >= 0.3 is 0 Å². The van der Waals surface area contributed by atoms with Crippen molar-refractivity contribution in [3.8, 4) is 11.3 Å². The minimum Gasteiger partial charge on any atom is -0.354 e. The average molecular weight is 479 g/mol. The van der Waals surface area contributed by atoms with Gasteiger partial charge in [0.25, 0.3) is 5.91 Å². The monoisotopic (exact) mass is 478 g/mol. The van der Waals surface area contributed by atoms with Crippen molar-refractivity contribution in [2.75, 3.05) is 43.4 Å². The molecule has 0 spiro atoms. The molecule has 36 heavy (non-hydrogen) atoms. The lowest BCUT2D eigenvalue weighted by molar-refractivity contribution is 0.102. The van der Waals surface area contributed by atoms with Gasteiger partial charge in [0.2, 0.25) is 0 Å². The Morgan fingerprint density at radius 3 is 2.58 bits per heavy atom. The molecule has 180 valence electrons. The number of H-pyrrole nitrogens is 1. The summed E-state index contributed by atoms with van der Waals surface area (Å²) in [5.41, 5.74) is 4.22. The summed E-state index contributed by atoms with van der Waals surface area (Å²) in [6.07, 6.45) is 7.02. The fourth-order valence-electron chi connectivity index (χ4n) is 4.51. The van der Waals surface area contributed by atoms with Gasteiger partial charge in [0.15, 0.2) is 0 Å². The first-order chi connectivity index (χ1) is 17.5. The average Bonchev–Trinajstić information content (AvgIpc) is 3.28. The van der Waals surface area contributed by atoms with Crippen molar-refractivity contribution in [3.05, 3.63) is 72.4 Å². The van der Waals surface area contributed by atoms with Crippen LogP contribution in [0.2, 0.25) is 0 Å². The van der Waals surface area contributed by atoms with E-state index in [0.717, 1.165) is 70.8 Å². The number of fused-ring (bicyclic) bond motifs is 2. The molecular formula is C27H26N8O. The number of carbonyl (C=O) groups excluding carboxylic acids is 1. The topological polar surface area (TPSA) is 103 Å². The van der Waals surface area contributed by atoms with Crippen molar-refractivity contribution >= 4 is 39.3 Å². The van der Waals surface area contributed by atoms with Crippen molar-refractivity contribution < 1.29 is 4.79 Å². The summed E-state index contributed by atoms with van der Waals surface area (Å²) >= 11 is 0. The van der Waals surface area contributed by atoms with E-state index >= 15 is 0 Å². The molecule has 0 bridgehead atoms. The van der Waals surface area contributed by atoms with E-state index in [1.165, 1.54) is 0 Å². The molecule has 1 amide bonds. The SMILES string of the molecule is Cc1cc2cc(-c3cc4cc(NC(=O)c5ccnc(N6CCN(C)CC6)c5)ncc4cn3)cnc2[nH]1. The third-order valence-electron chi connectivity index (χ3n) is 6.58. The van der Waals surface area contributed by atoms with Crippen LogP contribution in [0.1, 0.15) is 16.1 Å². The summed E-state index contributed by atoms with van der Waals surface area (Å²) in [5.74, 6) is 1.09. The molecule has 1 fully saturated rings. The Morgan fingerprint density at radius 1 is 0.889 bits per heavy atom. The van der Waals surface area contributed by atoms with Crippen LogP contribution >= 0.6 is 0 Å². The number of rotatable bonds is 4. The van der Waals surface area contributed by atoms with Crippen molar-refractivity contribution in [3.63, 3.8) is 0 Å². The lowest BCUT2D eigenvalue weighted by Crippen LogP contribution is -2.44. The van der Waals surface area contributed by atoms with Crippen molar-refractivity contribution in [1.82, 2.24) is 29.8 Å². The summed E-state index contributed by atoms with van der Waals surface area (Å²) in [5, 5.41) is 5.80. The number of aromatic amines is 1. The zero-order valence-electron chi connectivity index (χ0n) is 20.2. The van der Waals surface area contributed by atoms with Gasteiger partial charge in [0, 0.05) is 78.6 Å². The van der Waals surface area contributed by atoms with Crippen LogP contribution in [0.25, 0.3) is 33.1 Å². The molecule has 9 heteroatoms. The number of likely N-dealkylation sites (N-methyl/N-ethyl adjacent to an activating group) is 1. The summed E-state index contributed by atoms with van der Waals surface area (Å²) in [6, 6.07) is 11.6. The van der Waals surface area contributed by atoms with Crippen LogP contribution < -0.4 is 10.2 Å². The summed E-state index contributed by atoms with van der Waals surface area (Å²) in [6.45, 7) is 5.75. The maximum absolute atomic E-state index is 13.0. The summed E-state index contributed by atoms with van der Waals surface area (Å²) in [4.78, 5) is 38.8. The fourth-order valence-corrected chi connectivity index (χ4v) is 4.51. The number of nitrogens with one attached hydrogen (secondary N) is 2. The summed E-state index contributed by atoms with van der Waals surface area (Å²) < 4.78 is 0. The second kappa shape index (κ2) is 9.01. The van der Waals surface area contributed by atoms with Gasteiger partial charge in [-0.05, 0) is 55.8 Å².